The first-order valence-electron chi connectivity index (χ1n) is 10.9. The first-order chi connectivity index (χ1) is 15.7. The van der Waals surface area contributed by atoms with Gasteiger partial charge in [0.05, 0.1) is 19.1 Å². The van der Waals surface area contributed by atoms with Crippen molar-refractivity contribution in [3.05, 3.63) is 60.2 Å². The molecule has 0 heterocycles. The number of sulfonamides is 1. The molecular weight excluding hydrogens is 442 g/mol. The van der Waals surface area contributed by atoms with E-state index in [1.165, 1.54) is 9.21 Å². The van der Waals surface area contributed by atoms with E-state index < -0.39 is 16.1 Å². The third-order valence-corrected chi connectivity index (χ3v) is 6.40. The van der Waals surface area contributed by atoms with Gasteiger partial charge in [0.15, 0.2) is 0 Å². The van der Waals surface area contributed by atoms with Crippen LogP contribution < -0.4 is 14.4 Å². The van der Waals surface area contributed by atoms with Gasteiger partial charge in [-0.05, 0) is 50.1 Å². The van der Waals surface area contributed by atoms with Crippen LogP contribution >= 0.6 is 0 Å². The molecule has 2 aromatic rings. The molecular formula is C24H33N3O5S. The molecule has 0 saturated carbocycles. The molecule has 0 aliphatic rings. The summed E-state index contributed by atoms with van der Waals surface area (Å²) in [5.41, 5.74) is 1.39. The molecule has 0 unspecified atom stereocenters. The maximum Gasteiger partial charge on any atom is 0.242 e. The van der Waals surface area contributed by atoms with E-state index in [4.69, 9.17) is 4.74 Å². The highest BCUT2D eigenvalue weighted by Gasteiger charge is 2.26. The fraction of sp³-hybridized carbons (Fsp3) is 0.417. The number of methoxy groups -OCH3 is 1. The lowest BCUT2D eigenvalue weighted by Gasteiger charge is -2.29. The number of hydrogen-bond acceptors (Lipinski definition) is 5. The van der Waals surface area contributed by atoms with Gasteiger partial charge in [0, 0.05) is 26.1 Å². The van der Waals surface area contributed by atoms with E-state index in [1.54, 1.807) is 38.3 Å². The fourth-order valence-corrected chi connectivity index (χ4v) is 4.44. The van der Waals surface area contributed by atoms with E-state index in [-0.39, 0.29) is 31.3 Å². The second kappa shape index (κ2) is 12.2. The molecule has 2 aromatic carbocycles. The van der Waals surface area contributed by atoms with Crippen LogP contribution in [-0.2, 0) is 26.2 Å². The Kier molecular flexibility index (Phi) is 9.72. The molecule has 2 amide bonds. The van der Waals surface area contributed by atoms with Crippen molar-refractivity contribution < 1.29 is 22.7 Å². The predicted octanol–water partition coefficient (Wildman–Crippen LogP) is 2.79. The van der Waals surface area contributed by atoms with Gasteiger partial charge < -0.3 is 15.0 Å². The highest BCUT2D eigenvalue weighted by Crippen LogP contribution is 2.19. The van der Waals surface area contributed by atoms with Gasteiger partial charge in [0.2, 0.25) is 21.8 Å². The summed E-state index contributed by atoms with van der Waals surface area (Å²) in [5, 5.41) is 2.76. The first-order valence-corrected chi connectivity index (χ1v) is 12.7. The van der Waals surface area contributed by atoms with Crippen LogP contribution in [0.5, 0.6) is 5.75 Å². The molecule has 0 aliphatic heterocycles. The lowest BCUT2D eigenvalue weighted by molar-refractivity contribution is -0.140. The predicted molar refractivity (Wildman–Crippen MR) is 130 cm³/mol. The van der Waals surface area contributed by atoms with E-state index >= 15 is 0 Å². The number of nitrogens with one attached hydrogen (secondary N) is 1. The van der Waals surface area contributed by atoms with Gasteiger partial charge in [0.25, 0.3) is 0 Å². The Bertz CT molecular complexity index is 1030. The standard InChI is InChI=1S/C24H33N3O5S/c1-5-25-24(29)19(2)26(18-20-11-9-14-22(17-20)32-3)23(28)15-10-16-27(33(4,30)31)21-12-7-6-8-13-21/h6-9,11-14,17,19H,5,10,15-16,18H2,1-4H3,(H,25,29)/t19-/m0/s1. The quantitative estimate of drug-likeness (QED) is 0.509. The topological polar surface area (TPSA) is 96.0 Å². The van der Waals surface area contributed by atoms with Crippen molar-refractivity contribution >= 4 is 27.5 Å². The van der Waals surface area contributed by atoms with Crippen LogP contribution in [0.1, 0.15) is 32.3 Å². The summed E-state index contributed by atoms with van der Waals surface area (Å²) in [5.74, 6) is 0.200. The molecule has 2 rings (SSSR count). The zero-order valence-corrected chi connectivity index (χ0v) is 20.5. The summed E-state index contributed by atoms with van der Waals surface area (Å²) in [7, 11) is -1.93. The Morgan fingerprint density at radius 3 is 2.39 bits per heavy atom. The summed E-state index contributed by atoms with van der Waals surface area (Å²) < 4.78 is 31.1. The molecule has 0 radical (unpaired) electrons. The van der Waals surface area contributed by atoms with Gasteiger partial charge in [0.1, 0.15) is 11.8 Å². The van der Waals surface area contributed by atoms with E-state index in [2.05, 4.69) is 5.32 Å². The summed E-state index contributed by atoms with van der Waals surface area (Å²) >= 11 is 0. The van der Waals surface area contributed by atoms with E-state index in [9.17, 15) is 18.0 Å². The largest absolute Gasteiger partial charge is 0.497 e. The van der Waals surface area contributed by atoms with Crippen LogP contribution in [0.15, 0.2) is 54.6 Å². The number of nitrogens with zero attached hydrogens (tertiary/aromatic N) is 2. The number of carbonyl (C=O) groups is 2. The minimum atomic E-state index is -3.50. The second-order valence-electron chi connectivity index (χ2n) is 7.72. The van der Waals surface area contributed by atoms with Gasteiger partial charge in [-0.15, -0.1) is 0 Å². The maximum atomic E-state index is 13.2. The molecule has 0 spiro atoms. The number of likely N-dealkylation sites (N-methyl/N-ethyl adjacent to an activating group) is 1. The van der Waals surface area contributed by atoms with Crippen LogP contribution in [0, 0.1) is 0 Å². The molecule has 1 N–H and O–H groups in total. The monoisotopic (exact) mass is 475 g/mol. The molecule has 0 fully saturated rings. The molecule has 0 aromatic heterocycles. The molecule has 9 heteroatoms. The summed E-state index contributed by atoms with van der Waals surface area (Å²) in [6.45, 7) is 4.38. The molecule has 0 bridgehead atoms. The molecule has 8 nitrogen and oxygen atoms in total. The van der Waals surface area contributed by atoms with Crippen molar-refractivity contribution in [2.45, 2.75) is 39.3 Å². The van der Waals surface area contributed by atoms with Crippen LogP contribution in [0.2, 0.25) is 0 Å². The molecule has 0 saturated heterocycles. The Balaban J connectivity index is 2.15. The van der Waals surface area contributed by atoms with Crippen molar-refractivity contribution in [2.75, 3.05) is 30.8 Å². The molecule has 0 aliphatic carbocycles. The van der Waals surface area contributed by atoms with Gasteiger partial charge in [-0.1, -0.05) is 30.3 Å². The molecule has 33 heavy (non-hydrogen) atoms. The van der Waals surface area contributed by atoms with Crippen LogP contribution in [0.4, 0.5) is 5.69 Å². The molecule has 180 valence electrons. The number of anilines is 1. The normalized spacial score (nSPS) is 12.0. The summed E-state index contributed by atoms with van der Waals surface area (Å²) in [6.07, 6.45) is 1.57. The smallest absolute Gasteiger partial charge is 0.242 e. The average molecular weight is 476 g/mol. The van der Waals surface area contributed by atoms with E-state index in [0.717, 1.165) is 11.8 Å². The van der Waals surface area contributed by atoms with Crippen molar-refractivity contribution in [3.63, 3.8) is 0 Å². The van der Waals surface area contributed by atoms with Crippen LogP contribution in [-0.4, -0.2) is 57.6 Å². The third-order valence-electron chi connectivity index (χ3n) is 5.20. The molecule has 1 atom stereocenters. The highest BCUT2D eigenvalue weighted by atomic mass is 32.2. The second-order valence-corrected chi connectivity index (χ2v) is 9.62. The van der Waals surface area contributed by atoms with Crippen molar-refractivity contribution in [2.24, 2.45) is 0 Å². The van der Waals surface area contributed by atoms with Gasteiger partial charge >= 0.3 is 0 Å². The number of rotatable bonds is 12. The Labute approximate surface area is 196 Å². The van der Waals surface area contributed by atoms with E-state index in [1.807, 2.05) is 37.3 Å². The minimum Gasteiger partial charge on any atom is -0.497 e. The Morgan fingerprint density at radius 1 is 1.09 bits per heavy atom. The van der Waals surface area contributed by atoms with Crippen molar-refractivity contribution in [1.82, 2.24) is 10.2 Å². The van der Waals surface area contributed by atoms with Gasteiger partial charge in [-0.2, -0.15) is 0 Å². The third kappa shape index (κ3) is 7.78. The number of hydrogen-bond donors (Lipinski definition) is 1. The first kappa shape index (κ1) is 26.2. The minimum absolute atomic E-state index is 0.104. The Hall–Kier alpha value is -3.07. The highest BCUT2D eigenvalue weighted by molar-refractivity contribution is 7.92. The lowest BCUT2D eigenvalue weighted by Crippen LogP contribution is -2.47. The van der Waals surface area contributed by atoms with Crippen LogP contribution in [0.3, 0.4) is 0 Å². The van der Waals surface area contributed by atoms with Crippen molar-refractivity contribution in [1.29, 1.82) is 0 Å². The Morgan fingerprint density at radius 2 is 1.79 bits per heavy atom. The number of para-hydroxylation sites is 1. The number of amides is 2. The number of ether oxygens (including phenoxy) is 1. The number of benzene rings is 2. The van der Waals surface area contributed by atoms with E-state index in [0.29, 0.717) is 24.4 Å². The van der Waals surface area contributed by atoms with Gasteiger partial charge in [-0.25, -0.2) is 8.42 Å². The number of carbonyl (C=O) groups excluding carboxylic acids is 2. The zero-order chi connectivity index (χ0) is 24.4. The van der Waals surface area contributed by atoms with Crippen molar-refractivity contribution in [3.8, 4) is 5.75 Å². The van der Waals surface area contributed by atoms with Gasteiger partial charge in [-0.3, -0.25) is 13.9 Å². The fourth-order valence-electron chi connectivity index (χ4n) is 3.47. The maximum absolute atomic E-state index is 13.2. The summed E-state index contributed by atoms with van der Waals surface area (Å²) in [6, 6.07) is 15.4. The zero-order valence-electron chi connectivity index (χ0n) is 19.7. The average Bonchev–Trinajstić information content (AvgIpc) is 2.79. The van der Waals surface area contributed by atoms with Crippen LogP contribution in [0.25, 0.3) is 0 Å². The summed E-state index contributed by atoms with van der Waals surface area (Å²) in [4.78, 5) is 27.2. The lowest BCUT2D eigenvalue weighted by atomic mass is 10.1. The SMILES string of the molecule is CCNC(=O)[C@H](C)N(Cc1cccc(OC)c1)C(=O)CCCN(c1ccccc1)S(C)(=O)=O.